The molecule has 0 fully saturated rings. The quantitative estimate of drug-likeness (QED) is 0.373. The molecule has 0 saturated heterocycles. The van der Waals surface area contributed by atoms with Crippen molar-refractivity contribution in [3.05, 3.63) is 120 Å². The van der Waals surface area contributed by atoms with Crippen LogP contribution in [0.2, 0.25) is 0 Å². The molecule has 0 aromatic heterocycles. The van der Waals surface area contributed by atoms with E-state index in [1.807, 2.05) is 0 Å². The molecule has 0 radical (unpaired) electrons. The van der Waals surface area contributed by atoms with Crippen LogP contribution < -0.4 is 0 Å². The fourth-order valence-electron chi connectivity index (χ4n) is 3.63. The monoisotopic (exact) mass is 356 g/mol. The van der Waals surface area contributed by atoms with Crippen LogP contribution in [-0.4, -0.2) is 4.48 Å². The SMILES string of the molecule is CCC/C=C/[N+](Cc1ccccc1)(Cc1ccccc1)Cc1ccccc1. The Morgan fingerprint density at radius 1 is 0.593 bits per heavy atom. The van der Waals surface area contributed by atoms with E-state index >= 15 is 0 Å². The van der Waals surface area contributed by atoms with E-state index in [4.69, 9.17) is 0 Å². The van der Waals surface area contributed by atoms with Crippen molar-refractivity contribution in [2.45, 2.75) is 39.4 Å². The molecule has 0 aliphatic heterocycles. The molecular formula is C26H30N+. The van der Waals surface area contributed by atoms with Crippen LogP contribution in [0.25, 0.3) is 0 Å². The zero-order chi connectivity index (χ0) is 18.8. The zero-order valence-corrected chi connectivity index (χ0v) is 16.3. The molecule has 0 unspecified atom stereocenters. The molecule has 0 amide bonds. The van der Waals surface area contributed by atoms with Gasteiger partial charge >= 0.3 is 0 Å². The first kappa shape index (κ1) is 19.1. The maximum atomic E-state index is 2.44. The van der Waals surface area contributed by atoms with E-state index < -0.39 is 0 Å². The molecule has 138 valence electrons. The van der Waals surface area contributed by atoms with Gasteiger partial charge in [-0.25, -0.2) is 0 Å². The molecule has 0 heterocycles. The second kappa shape index (κ2) is 9.89. The molecule has 3 aromatic carbocycles. The van der Waals surface area contributed by atoms with E-state index in [2.05, 4.69) is 110 Å². The molecule has 0 saturated carbocycles. The third-order valence-electron chi connectivity index (χ3n) is 4.90. The number of hydrogen-bond donors (Lipinski definition) is 0. The summed E-state index contributed by atoms with van der Waals surface area (Å²) in [6.07, 6.45) is 7.11. The van der Waals surface area contributed by atoms with Gasteiger partial charge in [-0.1, -0.05) is 104 Å². The lowest BCUT2D eigenvalue weighted by molar-refractivity contribution is -0.919. The summed E-state index contributed by atoms with van der Waals surface area (Å²) in [4.78, 5) is 0. The van der Waals surface area contributed by atoms with Crippen LogP contribution in [0.4, 0.5) is 0 Å². The summed E-state index contributed by atoms with van der Waals surface area (Å²) in [5.74, 6) is 0. The second-order valence-electron chi connectivity index (χ2n) is 7.32. The van der Waals surface area contributed by atoms with Gasteiger partial charge in [-0.3, -0.25) is 4.48 Å². The third-order valence-corrected chi connectivity index (χ3v) is 4.90. The van der Waals surface area contributed by atoms with E-state index in [9.17, 15) is 0 Å². The Hall–Kier alpha value is -2.64. The Morgan fingerprint density at radius 2 is 0.963 bits per heavy atom. The Kier molecular flexibility index (Phi) is 7.01. The third kappa shape index (κ3) is 5.94. The number of hydrogen-bond acceptors (Lipinski definition) is 0. The molecule has 0 N–H and O–H groups in total. The van der Waals surface area contributed by atoms with E-state index in [1.165, 1.54) is 23.1 Å². The van der Waals surface area contributed by atoms with Crippen molar-refractivity contribution in [2.24, 2.45) is 0 Å². The Balaban J connectivity index is 1.98. The number of allylic oxidation sites excluding steroid dienone is 1. The van der Waals surface area contributed by atoms with Crippen molar-refractivity contribution in [3.63, 3.8) is 0 Å². The molecule has 0 atom stereocenters. The molecule has 1 heteroatoms. The predicted octanol–water partition coefficient (Wildman–Crippen LogP) is 6.72. The van der Waals surface area contributed by atoms with Crippen LogP contribution in [-0.2, 0) is 19.6 Å². The van der Waals surface area contributed by atoms with Crippen molar-refractivity contribution in [1.82, 2.24) is 0 Å². The molecule has 0 aliphatic rings. The normalized spacial score (nSPS) is 11.7. The van der Waals surface area contributed by atoms with E-state index in [0.29, 0.717) is 0 Å². The minimum Gasteiger partial charge on any atom is -0.286 e. The minimum absolute atomic E-state index is 0.901. The molecule has 3 aromatic rings. The van der Waals surface area contributed by atoms with Crippen molar-refractivity contribution >= 4 is 0 Å². The lowest BCUT2D eigenvalue weighted by Gasteiger charge is -2.35. The van der Waals surface area contributed by atoms with Gasteiger partial charge in [0.1, 0.15) is 19.6 Å². The number of nitrogens with zero attached hydrogens (tertiary/aromatic N) is 1. The average molecular weight is 357 g/mol. The fourth-order valence-corrected chi connectivity index (χ4v) is 3.63. The van der Waals surface area contributed by atoms with Crippen LogP contribution >= 0.6 is 0 Å². The van der Waals surface area contributed by atoms with Gasteiger partial charge in [0.15, 0.2) is 0 Å². The van der Waals surface area contributed by atoms with Crippen LogP contribution in [0.3, 0.4) is 0 Å². The summed E-state index contributed by atoms with van der Waals surface area (Å²) in [7, 11) is 0. The van der Waals surface area contributed by atoms with Crippen molar-refractivity contribution in [2.75, 3.05) is 0 Å². The lowest BCUT2D eigenvalue weighted by Crippen LogP contribution is -2.40. The second-order valence-corrected chi connectivity index (χ2v) is 7.32. The minimum atomic E-state index is 0.901. The number of benzene rings is 3. The Labute approximate surface area is 164 Å². The highest BCUT2D eigenvalue weighted by Gasteiger charge is 2.26. The number of rotatable bonds is 9. The summed E-state index contributed by atoms with van der Waals surface area (Å²) >= 11 is 0. The van der Waals surface area contributed by atoms with Crippen molar-refractivity contribution in [1.29, 1.82) is 0 Å². The molecule has 0 bridgehead atoms. The van der Waals surface area contributed by atoms with Crippen LogP contribution in [0.1, 0.15) is 36.5 Å². The summed E-state index contributed by atoms with van der Waals surface area (Å²) in [6.45, 7) is 5.21. The van der Waals surface area contributed by atoms with Crippen LogP contribution in [0.15, 0.2) is 103 Å². The summed E-state index contributed by atoms with van der Waals surface area (Å²) in [6, 6.07) is 32.6. The maximum absolute atomic E-state index is 2.44. The largest absolute Gasteiger partial charge is 0.286 e. The fraction of sp³-hybridized carbons (Fsp3) is 0.231. The maximum Gasteiger partial charge on any atom is 0.109 e. The van der Waals surface area contributed by atoms with E-state index in [-0.39, 0.29) is 0 Å². The standard InChI is InChI=1S/C26H30N/c1-2-3-13-20-27(21-24-14-7-4-8-15-24,22-25-16-9-5-10-17-25)23-26-18-11-6-12-19-26/h4-20H,2-3,21-23H2,1H3/q+1/b20-13+. The molecule has 0 aliphatic carbocycles. The number of quaternary nitrogens is 1. The summed E-state index contributed by atoms with van der Waals surface area (Å²) < 4.78 is 0.901. The Bertz CT molecular complexity index is 705. The van der Waals surface area contributed by atoms with Gasteiger partial charge in [0.25, 0.3) is 0 Å². The first-order valence-corrected chi connectivity index (χ1v) is 9.95. The summed E-state index contributed by atoms with van der Waals surface area (Å²) in [5.41, 5.74) is 4.14. The summed E-state index contributed by atoms with van der Waals surface area (Å²) in [5, 5.41) is 0. The van der Waals surface area contributed by atoms with Gasteiger partial charge in [-0.15, -0.1) is 0 Å². The van der Waals surface area contributed by atoms with Crippen molar-refractivity contribution in [3.8, 4) is 0 Å². The van der Waals surface area contributed by atoms with Crippen LogP contribution in [0, 0.1) is 0 Å². The van der Waals surface area contributed by atoms with Gasteiger partial charge < -0.3 is 0 Å². The zero-order valence-electron chi connectivity index (χ0n) is 16.3. The molecular weight excluding hydrogens is 326 g/mol. The highest BCUT2D eigenvalue weighted by atomic mass is 15.3. The molecule has 0 spiro atoms. The Morgan fingerprint density at radius 3 is 1.30 bits per heavy atom. The number of unbranched alkanes of at least 4 members (excludes halogenated alkanes) is 1. The van der Waals surface area contributed by atoms with Gasteiger partial charge in [0.05, 0.1) is 6.20 Å². The smallest absolute Gasteiger partial charge is 0.109 e. The highest BCUT2D eigenvalue weighted by Crippen LogP contribution is 2.25. The molecule has 3 rings (SSSR count). The van der Waals surface area contributed by atoms with Crippen LogP contribution in [0.5, 0.6) is 0 Å². The van der Waals surface area contributed by atoms with Gasteiger partial charge in [0, 0.05) is 16.7 Å². The lowest BCUT2D eigenvalue weighted by atomic mass is 10.1. The van der Waals surface area contributed by atoms with Gasteiger partial charge in [-0.05, 0) is 12.5 Å². The predicted molar refractivity (Wildman–Crippen MR) is 115 cm³/mol. The highest BCUT2D eigenvalue weighted by molar-refractivity contribution is 5.17. The van der Waals surface area contributed by atoms with Gasteiger partial charge in [-0.2, -0.15) is 0 Å². The van der Waals surface area contributed by atoms with Crippen molar-refractivity contribution < 1.29 is 4.48 Å². The topological polar surface area (TPSA) is 0 Å². The molecule has 27 heavy (non-hydrogen) atoms. The van der Waals surface area contributed by atoms with Gasteiger partial charge in [0.2, 0.25) is 0 Å². The first-order valence-electron chi connectivity index (χ1n) is 9.95. The van der Waals surface area contributed by atoms with E-state index in [0.717, 1.165) is 30.5 Å². The average Bonchev–Trinajstić information content (AvgIpc) is 2.70. The first-order chi connectivity index (χ1) is 13.3. The molecule has 1 nitrogen and oxygen atoms in total. The van der Waals surface area contributed by atoms with E-state index in [1.54, 1.807) is 0 Å².